The van der Waals surface area contributed by atoms with E-state index < -0.39 is 11.4 Å². The van der Waals surface area contributed by atoms with Crippen molar-refractivity contribution in [2.45, 2.75) is 26.3 Å². The van der Waals surface area contributed by atoms with Crippen LogP contribution >= 0.6 is 0 Å². The molecule has 2 N–H and O–H groups in total. The van der Waals surface area contributed by atoms with Crippen molar-refractivity contribution in [2.75, 3.05) is 50.1 Å². The Balaban J connectivity index is 1.47. The summed E-state index contributed by atoms with van der Waals surface area (Å²) >= 11 is 0. The summed E-state index contributed by atoms with van der Waals surface area (Å²) in [7, 11) is 2.14. The number of piperazine rings is 1. The second-order valence-corrected chi connectivity index (χ2v) is 9.72. The van der Waals surface area contributed by atoms with Crippen LogP contribution in [0.4, 0.5) is 21.7 Å². The highest BCUT2D eigenvalue weighted by molar-refractivity contribution is 5.77. The van der Waals surface area contributed by atoms with Crippen molar-refractivity contribution >= 4 is 28.4 Å². The lowest BCUT2D eigenvalue weighted by molar-refractivity contribution is 0.289. The van der Waals surface area contributed by atoms with E-state index in [4.69, 9.17) is 5.11 Å². The third kappa shape index (κ3) is 5.99. The lowest BCUT2D eigenvalue weighted by Crippen LogP contribution is -2.44. The van der Waals surface area contributed by atoms with Crippen molar-refractivity contribution < 1.29 is 9.50 Å². The molecule has 1 aliphatic heterocycles. The number of halogens is 1. The Morgan fingerprint density at radius 3 is 2.59 bits per heavy atom. The first-order valence-corrected chi connectivity index (χ1v) is 13.1. The normalized spacial score (nSPS) is 14.8. The molecular formula is C28H33FN8O2. The van der Waals surface area contributed by atoms with Crippen molar-refractivity contribution in [3.05, 3.63) is 76.6 Å². The third-order valence-electron chi connectivity index (χ3n) is 6.79. The van der Waals surface area contributed by atoms with Crippen LogP contribution in [-0.4, -0.2) is 74.2 Å². The zero-order valence-corrected chi connectivity index (χ0v) is 22.2. The van der Waals surface area contributed by atoms with E-state index >= 15 is 0 Å². The number of aliphatic hydroxyl groups is 1. The van der Waals surface area contributed by atoms with E-state index in [0.29, 0.717) is 30.3 Å². The average Bonchev–Trinajstić information content (AvgIpc) is 3.20. The standard InChI is InChI=1S/C28H33FN8O2/c1-20-6-5-8-25(31-20)37-26-24(27(39)36(37)19-21(29)7-3-4-17-38)18-30-28(33-26)32-22-9-11-23(12-10-22)35-15-13-34(2)14-16-35/h5-12,18,38H,3-4,13-17,19H2,1-2H3,(H,30,32,33)/b21-7-. The third-order valence-corrected chi connectivity index (χ3v) is 6.79. The summed E-state index contributed by atoms with van der Waals surface area (Å²) in [6.07, 6.45) is 3.67. The van der Waals surface area contributed by atoms with Gasteiger partial charge >= 0.3 is 0 Å². The number of aromatic nitrogens is 5. The van der Waals surface area contributed by atoms with E-state index in [1.165, 1.54) is 21.6 Å². The highest BCUT2D eigenvalue weighted by Crippen LogP contribution is 2.23. The van der Waals surface area contributed by atoms with Crippen LogP contribution in [0.15, 0.2) is 65.4 Å². The number of benzene rings is 1. The van der Waals surface area contributed by atoms with Gasteiger partial charge in [-0.05, 0) is 63.2 Å². The molecule has 1 saturated heterocycles. The number of aliphatic hydroxyl groups excluding tert-OH is 1. The number of nitrogens with one attached hydrogen (secondary N) is 1. The summed E-state index contributed by atoms with van der Waals surface area (Å²) in [5.41, 5.74) is 2.64. The average molecular weight is 533 g/mol. The number of pyridine rings is 1. The number of nitrogens with zero attached hydrogens (tertiary/aromatic N) is 7. The topological polar surface area (TPSA) is 104 Å². The van der Waals surface area contributed by atoms with E-state index in [-0.39, 0.29) is 18.5 Å². The first-order chi connectivity index (χ1) is 18.9. The Bertz CT molecular complexity index is 1520. The van der Waals surface area contributed by atoms with Gasteiger partial charge in [0.15, 0.2) is 11.5 Å². The SMILES string of the molecule is Cc1cccc(-n2c3nc(Nc4ccc(N5CCN(C)CC5)cc4)ncc3c(=O)n2C/C(F)=C/CCCO)n1. The van der Waals surface area contributed by atoms with Gasteiger partial charge in [-0.3, -0.25) is 4.79 Å². The molecule has 1 aromatic carbocycles. The molecule has 0 radical (unpaired) electrons. The number of fused-ring (bicyclic) bond motifs is 1. The van der Waals surface area contributed by atoms with Gasteiger partial charge in [-0.15, -0.1) is 0 Å². The number of hydrogen-bond acceptors (Lipinski definition) is 8. The zero-order chi connectivity index (χ0) is 27.4. The minimum Gasteiger partial charge on any atom is -0.396 e. The van der Waals surface area contributed by atoms with Crippen molar-refractivity contribution in [1.29, 1.82) is 0 Å². The van der Waals surface area contributed by atoms with Gasteiger partial charge in [-0.2, -0.15) is 4.98 Å². The smallest absolute Gasteiger partial charge is 0.278 e. The van der Waals surface area contributed by atoms with Crippen LogP contribution < -0.4 is 15.8 Å². The summed E-state index contributed by atoms with van der Waals surface area (Å²) < 4.78 is 17.6. The molecule has 0 amide bonds. The quantitative estimate of drug-likeness (QED) is 0.316. The molecule has 0 bridgehead atoms. The summed E-state index contributed by atoms with van der Waals surface area (Å²) in [6.45, 7) is 5.58. The van der Waals surface area contributed by atoms with Gasteiger partial charge in [-0.25, -0.2) is 23.7 Å². The largest absolute Gasteiger partial charge is 0.396 e. The van der Waals surface area contributed by atoms with Gasteiger partial charge in [0, 0.05) is 56.1 Å². The summed E-state index contributed by atoms with van der Waals surface area (Å²) in [5.74, 6) is 0.285. The predicted octanol–water partition coefficient (Wildman–Crippen LogP) is 3.41. The van der Waals surface area contributed by atoms with Gasteiger partial charge in [0.2, 0.25) is 5.95 Å². The first kappa shape index (κ1) is 26.5. The fourth-order valence-corrected chi connectivity index (χ4v) is 4.62. The molecule has 4 heterocycles. The molecule has 204 valence electrons. The number of hydrogen-bond donors (Lipinski definition) is 2. The highest BCUT2D eigenvalue weighted by atomic mass is 19.1. The number of anilines is 3. The second kappa shape index (κ2) is 11.7. The maximum atomic E-state index is 14.8. The monoisotopic (exact) mass is 532 g/mol. The van der Waals surface area contributed by atoms with Crippen LogP contribution in [0.1, 0.15) is 18.5 Å². The Morgan fingerprint density at radius 1 is 1.10 bits per heavy atom. The summed E-state index contributed by atoms with van der Waals surface area (Å²) in [6, 6.07) is 13.5. The Labute approximate surface area is 226 Å². The molecule has 0 spiro atoms. The lowest BCUT2D eigenvalue weighted by atomic mass is 10.2. The van der Waals surface area contributed by atoms with Crippen LogP contribution in [-0.2, 0) is 6.54 Å². The Kier molecular flexibility index (Phi) is 7.99. The predicted molar refractivity (Wildman–Crippen MR) is 151 cm³/mol. The molecule has 0 atom stereocenters. The molecule has 11 heteroatoms. The van der Waals surface area contributed by atoms with Crippen molar-refractivity contribution in [1.82, 2.24) is 29.2 Å². The molecule has 5 rings (SSSR count). The lowest BCUT2D eigenvalue weighted by Gasteiger charge is -2.34. The molecule has 0 aliphatic carbocycles. The number of unbranched alkanes of at least 4 members (excludes halogenated alkanes) is 1. The molecule has 4 aromatic rings. The van der Waals surface area contributed by atoms with Gasteiger partial charge in [0.25, 0.3) is 5.56 Å². The maximum absolute atomic E-state index is 14.8. The van der Waals surface area contributed by atoms with Crippen molar-refractivity contribution in [2.24, 2.45) is 0 Å². The second-order valence-electron chi connectivity index (χ2n) is 9.72. The molecule has 0 saturated carbocycles. The fraction of sp³-hybridized carbons (Fsp3) is 0.357. The van der Waals surface area contributed by atoms with Gasteiger partial charge in [-0.1, -0.05) is 12.1 Å². The van der Waals surface area contributed by atoms with Crippen LogP contribution in [0.25, 0.3) is 16.9 Å². The van der Waals surface area contributed by atoms with E-state index in [9.17, 15) is 9.18 Å². The molecule has 10 nitrogen and oxygen atoms in total. The molecule has 1 aliphatic rings. The fourth-order valence-electron chi connectivity index (χ4n) is 4.62. The van der Waals surface area contributed by atoms with E-state index in [2.05, 4.69) is 49.2 Å². The van der Waals surface area contributed by atoms with Gasteiger partial charge in [0.05, 0.1) is 6.54 Å². The minimum atomic E-state index is -0.478. The van der Waals surface area contributed by atoms with Crippen LogP contribution in [0.3, 0.4) is 0 Å². The van der Waals surface area contributed by atoms with Crippen LogP contribution in [0.2, 0.25) is 0 Å². The number of likely N-dealkylation sites (N-methyl/N-ethyl adjacent to an activating group) is 1. The number of aryl methyl sites for hydroxylation is 1. The van der Waals surface area contributed by atoms with Crippen molar-refractivity contribution in [3.8, 4) is 5.82 Å². The Hall–Kier alpha value is -4.09. The molecule has 1 fully saturated rings. The van der Waals surface area contributed by atoms with Gasteiger partial charge in [0.1, 0.15) is 11.2 Å². The van der Waals surface area contributed by atoms with Gasteiger partial charge < -0.3 is 20.2 Å². The summed E-state index contributed by atoms with van der Waals surface area (Å²) in [5, 5.41) is 12.5. The zero-order valence-electron chi connectivity index (χ0n) is 22.2. The molecular weight excluding hydrogens is 499 g/mol. The van der Waals surface area contributed by atoms with E-state index in [1.807, 2.05) is 31.2 Å². The Morgan fingerprint density at radius 2 is 1.87 bits per heavy atom. The molecule has 3 aromatic heterocycles. The number of allylic oxidation sites excluding steroid dienone is 2. The number of rotatable bonds is 9. The molecule has 0 unspecified atom stereocenters. The van der Waals surface area contributed by atoms with Crippen LogP contribution in [0.5, 0.6) is 0 Å². The van der Waals surface area contributed by atoms with Crippen LogP contribution in [0, 0.1) is 6.92 Å². The highest BCUT2D eigenvalue weighted by Gasteiger charge is 2.20. The minimum absolute atomic E-state index is 0.0266. The molecule has 39 heavy (non-hydrogen) atoms. The first-order valence-electron chi connectivity index (χ1n) is 13.1. The summed E-state index contributed by atoms with van der Waals surface area (Å²) in [4.78, 5) is 31.6. The maximum Gasteiger partial charge on any atom is 0.278 e. The van der Waals surface area contributed by atoms with Crippen molar-refractivity contribution in [3.63, 3.8) is 0 Å². The van der Waals surface area contributed by atoms with E-state index in [0.717, 1.165) is 43.2 Å². The van der Waals surface area contributed by atoms with E-state index in [1.54, 1.807) is 6.07 Å².